The molecule has 0 aliphatic rings. The molecule has 0 fully saturated rings. The molecule has 1 unspecified atom stereocenters. The Kier molecular flexibility index (Phi) is 5.29. The van der Waals surface area contributed by atoms with Crippen molar-refractivity contribution in [1.29, 1.82) is 0 Å². The van der Waals surface area contributed by atoms with Crippen LogP contribution in [0.5, 0.6) is 0 Å². The number of benzene rings is 1. The van der Waals surface area contributed by atoms with Crippen molar-refractivity contribution in [2.24, 2.45) is 0 Å². The zero-order chi connectivity index (χ0) is 12.7. The summed E-state index contributed by atoms with van der Waals surface area (Å²) in [5.74, 6) is -1.41. The second-order valence-corrected chi connectivity index (χ2v) is 3.56. The number of ether oxygens (including phenoxy) is 1. The number of carbonyl (C=O) groups is 2. The van der Waals surface area contributed by atoms with Crippen molar-refractivity contribution in [3.63, 3.8) is 0 Å². The van der Waals surface area contributed by atoms with E-state index in [9.17, 15) is 9.59 Å². The van der Waals surface area contributed by atoms with Gasteiger partial charge in [-0.2, -0.15) is 0 Å². The van der Waals surface area contributed by atoms with Gasteiger partial charge in [0.1, 0.15) is 12.6 Å². The molecule has 17 heavy (non-hydrogen) atoms. The molecule has 2 N–H and O–H groups in total. The standard InChI is InChI=1S/C11H12ClNO4/c12-6-9(10(14)15)13-11(16)17-7-8-4-2-1-3-5-8/h1-5,9H,6-7H2,(H,13,16)(H,14,15). The first-order valence-electron chi connectivity index (χ1n) is 4.89. The van der Waals surface area contributed by atoms with Gasteiger partial charge in [-0.25, -0.2) is 9.59 Å². The van der Waals surface area contributed by atoms with E-state index in [2.05, 4.69) is 5.32 Å². The molecule has 0 aliphatic carbocycles. The molecular formula is C11H12ClNO4. The number of hydrogen-bond acceptors (Lipinski definition) is 3. The number of carboxylic acid groups (broad SMARTS) is 1. The molecular weight excluding hydrogens is 246 g/mol. The number of aliphatic carboxylic acids is 1. The maximum atomic E-state index is 11.2. The van der Waals surface area contributed by atoms with Crippen LogP contribution in [-0.2, 0) is 16.1 Å². The van der Waals surface area contributed by atoms with Gasteiger partial charge in [0.25, 0.3) is 0 Å². The van der Waals surface area contributed by atoms with Crippen LogP contribution < -0.4 is 5.32 Å². The average molecular weight is 258 g/mol. The third-order valence-corrected chi connectivity index (χ3v) is 2.27. The van der Waals surface area contributed by atoms with Crippen LogP contribution in [0.25, 0.3) is 0 Å². The topological polar surface area (TPSA) is 75.6 Å². The average Bonchev–Trinajstić information content (AvgIpc) is 2.34. The molecule has 0 aromatic heterocycles. The Bertz CT molecular complexity index is 382. The molecule has 1 rings (SSSR count). The van der Waals surface area contributed by atoms with E-state index in [-0.39, 0.29) is 12.5 Å². The number of alkyl carbamates (subject to hydrolysis) is 1. The van der Waals surface area contributed by atoms with Gasteiger partial charge < -0.3 is 15.2 Å². The number of carbonyl (C=O) groups excluding carboxylic acids is 1. The predicted octanol–water partition coefficient (Wildman–Crippen LogP) is 1.60. The molecule has 0 saturated carbocycles. The zero-order valence-electron chi connectivity index (χ0n) is 8.93. The summed E-state index contributed by atoms with van der Waals surface area (Å²) in [6.45, 7) is 0.0846. The van der Waals surface area contributed by atoms with Crippen molar-refractivity contribution < 1.29 is 19.4 Å². The van der Waals surface area contributed by atoms with Gasteiger partial charge in [0, 0.05) is 0 Å². The summed E-state index contributed by atoms with van der Waals surface area (Å²) in [7, 11) is 0. The molecule has 1 aromatic rings. The minimum absolute atomic E-state index is 0.0846. The lowest BCUT2D eigenvalue weighted by molar-refractivity contribution is -0.138. The smallest absolute Gasteiger partial charge is 0.408 e. The van der Waals surface area contributed by atoms with E-state index in [0.717, 1.165) is 5.56 Å². The molecule has 0 saturated heterocycles. The van der Waals surface area contributed by atoms with Crippen molar-refractivity contribution in [2.45, 2.75) is 12.6 Å². The van der Waals surface area contributed by atoms with Crippen LogP contribution in [0.3, 0.4) is 0 Å². The SMILES string of the molecule is O=C(NC(CCl)C(=O)O)OCc1ccccc1. The van der Waals surface area contributed by atoms with Crippen LogP contribution in [-0.4, -0.2) is 29.1 Å². The Morgan fingerprint density at radius 1 is 1.35 bits per heavy atom. The largest absolute Gasteiger partial charge is 0.480 e. The van der Waals surface area contributed by atoms with E-state index in [0.29, 0.717) is 0 Å². The van der Waals surface area contributed by atoms with E-state index >= 15 is 0 Å². The summed E-state index contributed by atoms with van der Waals surface area (Å²) in [6.07, 6.45) is -0.804. The van der Waals surface area contributed by atoms with Crippen LogP contribution in [0.15, 0.2) is 30.3 Å². The molecule has 92 valence electrons. The highest BCUT2D eigenvalue weighted by Gasteiger charge is 2.19. The Morgan fingerprint density at radius 3 is 2.53 bits per heavy atom. The van der Waals surface area contributed by atoms with Gasteiger partial charge in [-0.15, -0.1) is 11.6 Å². The number of nitrogens with one attached hydrogen (secondary N) is 1. The summed E-state index contributed by atoms with van der Waals surface area (Å²) in [5.41, 5.74) is 0.820. The fraction of sp³-hybridized carbons (Fsp3) is 0.273. The highest BCUT2D eigenvalue weighted by molar-refractivity contribution is 6.19. The molecule has 1 aromatic carbocycles. The minimum Gasteiger partial charge on any atom is -0.480 e. The molecule has 6 heteroatoms. The Labute approximate surface area is 103 Å². The summed E-state index contributed by atoms with van der Waals surface area (Å²) < 4.78 is 4.84. The Morgan fingerprint density at radius 2 is 2.00 bits per heavy atom. The first-order valence-corrected chi connectivity index (χ1v) is 5.43. The predicted molar refractivity (Wildman–Crippen MR) is 61.9 cm³/mol. The highest BCUT2D eigenvalue weighted by atomic mass is 35.5. The quantitative estimate of drug-likeness (QED) is 0.786. The van der Waals surface area contributed by atoms with Crippen molar-refractivity contribution in [3.8, 4) is 0 Å². The lowest BCUT2D eigenvalue weighted by Gasteiger charge is -2.11. The van der Waals surface area contributed by atoms with E-state index < -0.39 is 18.1 Å². The lowest BCUT2D eigenvalue weighted by atomic mass is 10.2. The van der Waals surface area contributed by atoms with Gasteiger partial charge in [0.15, 0.2) is 0 Å². The molecule has 0 spiro atoms. The number of alkyl halides is 1. The number of hydrogen-bond donors (Lipinski definition) is 2. The van der Waals surface area contributed by atoms with E-state index in [1.807, 2.05) is 18.2 Å². The van der Waals surface area contributed by atoms with Crippen LogP contribution >= 0.6 is 11.6 Å². The van der Waals surface area contributed by atoms with Gasteiger partial charge in [0.2, 0.25) is 0 Å². The van der Waals surface area contributed by atoms with Gasteiger partial charge in [-0.3, -0.25) is 0 Å². The maximum Gasteiger partial charge on any atom is 0.408 e. The van der Waals surface area contributed by atoms with Crippen molar-refractivity contribution in [2.75, 3.05) is 5.88 Å². The molecule has 1 amide bonds. The molecule has 1 atom stereocenters. The minimum atomic E-state index is -1.20. The maximum absolute atomic E-state index is 11.2. The van der Waals surface area contributed by atoms with Crippen LogP contribution in [0.2, 0.25) is 0 Å². The zero-order valence-corrected chi connectivity index (χ0v) is 9.68. The summed E-state index contributed by atoms with van der Waals surface area (Å²) >= 11 is 5.37. The first-order chi connectivity index (χ1) is 8.13. The van der Waals surface area contributed by atoms with Gasteiger partial charge >= 0.3 is 12.1 Å². The Balaban J connectivity index is 2.37. The van der Waals surface area contributed by atoms with Crippen LogP contribution in [0.4, 0.5) is 4.79 Å². The van der Waals surface area contributed by atoms with E-state index in [4.69, 9.17) is 21.4 Å². The lowest BCUT2D eigenvalue weighted by Crippen LogP contribution is -2.42. The van der Waals surface area contributed by atoms with Gasteiger partial charge in [-0.05, 0) is 5.56 Å². The summed E-state index contributed by atoms with van der Waals surface area (Å²) in [5, 5.41) is 10.8. The van der Waals surface area contributed by atoms with Crippen LogP contribution in [0, 0.1) is 0 Å². The van der Waals surface area contributed by atoms with Crippen molar-refractivity contribution >= 4 is 23.7 Å². The highest BCUT2D eigenvalue weighted by Crippen LogP contribution is 2.01. The molecule has 0 aliphatic heterocycles. The second-order valence-electron chi connectivity index (χ2n) is 3.25. The molecule has 0 radical (unpaired) electrons. The fourth-order valence-electron chi connectivity index (χ4n) is 1.07. The number of amides is 1. The number of halogens is 1. The fourth-order valence-corrected chi connectivity index (χ4v) is 1.28. The Hall–Kier alpha value is -1.75. The van der Waals surface area contributed by atoms with E-state index in [1.165, 1.54) is 0 Å². The number of carboxylic acids is 1. The van der Waals surface area contributed by atoms with Gasteiger partial charge in [-0.1, -0.05) is 30.3 Å². The molecule has 5 nitrogen and oxygen atoms in total. The van der Waals surface area contributed by atoms with Crippen molar-refractivity contribution in [3.05, 3.63) is 35.9 Å². The third-order valence-electron chi connectivity index (χ3n) is 1.96. The first kappa shape index (κ1) is 13.3. The summed E-state index contributed by atoms with van der Waals surface area (Å²) in [4.78, 5) is 21.8. The van der Waals surface area contributed by atoms with Crippen LogP contribution in [0.1, 0.15) is 5.56 Å². The summed E-state index contributed by atoms with van der Waals surface area (Å²) in [6, 6.07) is 7.93. The normalized spacial score (nSPS) is 11.6. The second kappa shape index (κ2) is 6.75. The molecule has 0 bridgehead atoms. The number of rotatable bonds is 5. The monoisotopic (exact) mass is 257 g/mol. The molecule has 0 heterocycles. The van der Waals surface area contributed by atoms with Gasteiger partial charge in [0.05, 0.1) is 5.88 Å². The van der Waals surface area contributed by atoms with E-state index in [1.54, 1.807) is 12.1 Å². The third kappa shape index (κ3) is 4.74. The van der Waals surface area contributed by atoms with Crippen molar-refractivity contribution in [1.82, 2.24) is 5.32 Å².